The fourth-order valence-corrected chi connectivity index (χ4v) is 1.52. The number of hydrogen-bond donors (Lipinski definition) is 1. The second-order valence-corrected chi connectivity index (χ2v) is 4.67. The van der Waals surface area contributed by atoms with Gasteiger partial charge in [0.2, 0.25) is 5.50 Å². The molecular formula is C8H18FLiO3S. The normalized spacial score (nSPS) is 13.4. The summed E-state index contributed by atoms with van der Waals surface area (Å²) in [6, 6.07) is 0. The number of halogens is 1. The molecule has 0 heterocycles. The molecule has 0 aromatic heterocycles. The van der Waals surface area contributed by atoms with Gasteiger partial charge in [0.1, 0.15) is 0 Å². The Morgan fingerprint density at radius 1 is 1.29 bits per heavy atom. The van der Waals surface area contributed by atoms with E-state index in [2.05, 4.69) is 6.92 Å². The number of alkyl halides is 1. The van der Waals surface area contributed by atoms with Crippen molar-refractivity contribution in [3.05, 3.63) is 0 Å². The van der Waals surface area contributed by atoms with Crippen molar-refractivity contribution in [2.45, 2.75) is 51.0 Å². The maximum atomic E-state index is 12.6. The zero-order chi connectivity index (χ0) is 10.3. The van der Waals surface area contributed by atoms with Crippen molar-refractivity contribution in [1.29, 1.82) is 0 Å². The molecule has 0 saturated carbocycles. The van der Waals surface area contributed by atoms with Crippen LogP contribution in [0.3, 0.4) is 0 Å². The van der Waals surface area contributed by atoms with Crippen LogP contribution in [-0.4, -0.2) is 18.5 Å². The van der Waals surface area contributed by atoms with Crippen molar-refractivity contribution in [2.75, 3.05) is 0 Å². The molecule has 0 aliphatic rings. The first-order chi connectivity index (χ1) is 5.98. The Balaban J connectivity index is -0.000000720. The molecule has 0 radical (unpaired) electrons. The summed E-state index contributed by atoms with van der Waals surface area (Å²) in [6.45, 7) is 2.07. The van der Waals surface area contributed by atoms with Crippen LogP contribution in [-0.2, 0) is 10.1 Å². The van der Waals surface area contributed by atoms with E-state index in [1.807, 2.05) is 0 Å². The van der Waals surface area contributed by atoms with E-state index in [9.17, 15) is 12.8 Å². The van der Waals surface area contributed by atoms with Crippen LogP contribution in [0.4, 0.5) is 4.39 Å². The fraction of sp³-hybridized carbons (Fsp3) is 1.00. The summed E-state index contributed by atoms with van der Waals surface area (Å²) in [5.74, 6) is 0. The molecule has 82 valence electrons. The van der Waals surface area contributed by atoms with Gasteiger partial charge in [-0.15, -0.1) is 0 Å². The van der Waals surface area contributed by atoms with Crippen LogP contribution in [0.2, 0.25) is 0 Å². The minimum Gasteiger partial charge on any atom is -1.00 e. The van der Waals surface area contributed by atoms with Gasteiger partial charge < -0.3 is 1.43 Å². The van der Waals surface area contributed by atoms with Crippen molar-refractivity contribution in [1.82, 2.24) is 0 Å². The van der Waals surface area contributed by atoms with E-state index in [0.717, 1.165) is 25.7 Å². The van der Waals surface area contributed by atoms with Crippen LogP contribution in [0.15, 0.2) is 0 Å². The summed E-state index contributed by atoms with van der Waals surface area (Å²) in [5.41, 5.74) is -2.10. The molecular weight excluding hydrogens is 202 g/mol. The molecule has 0 aromatic carbocycles. The monoisotopic (exact) mass is 220 g/mol. The van der Waals surface area contributed by atoms with E-state index in [-0.39, 0.29) is 26.7 Å². The average molecular weight is 220 g/mol. The van der Waals surface area contributed by atoms with Crippen molar-refractivity contribution >= 4 is 10.1 Å². The number of hydrogen-bond acceptors (Lipinski definition) is 2. The molecule has 1 N–H and O–H groups in total. The second-order valence-electron chi connectivity index (χ2n) is 3.13. The Kier molecular flexibility index (Phi) is 10.5. The van der Waals surface area contributed by atoms with Crippen LogP contribution in [0.5, 0.6) is 0 Å². The summed E-state index contributed by atoms with van der Waals surface area (Å²) in [4.78, 5) is 0. The first-order valence-corrected chi connectivity index (χ1v) is 6.09. The van der Waals surface area contributed by atoms with Gasteiger partial charge in [0.05, 0.1) is 0 Å². The molecule has 14 heavy (non-hydrogen) atoms. The first kappa shape index (κ1) is 16.9. The van der Waals surface area contributed by atoms with E-state index in [1.165, 1.54) is 0 Å². The molecule has 0 saturated heterocycles. The molecule has 0 bridgehead atoms. The molecule has 0 amide bonds. The van der Waals surface area contributed by atoms with Gasteiger partial charge in [-0.1, -0.05) is 32.6 Å². The van der Waals surface area contributed by atoms with Gasteiger partial charge in [-0.05, 0) is 12.8 Å². The first-order valence-electron chi connectivity index (χ1n) is 4.59. The zero-order valence-electron chi connectivity index (χ0n) is 9.87. The maximum absolute atomic E-state index is 12.6. The molecule has 0 aliphatic carbocycles. The van der Waals surface area contributed by atoms with Gasteiger partial charge in [0.15, 0.2) is 0 Å². The van der Waals surface area contributed by atoms with Crippen LogP contribution in [0.25, 0.3) is 0 Å². The Labute approximate surface area is 98.9 Å². The summed E-state index contributed by atoms with van der Waals surface area (Å²) >= 11 is 0. The van der Waals surface area contributed by atoms with E-state index in [0.29, 0.717) is 6.42 Å². The molecule has 1 atom stereocenters. The summed E-state index contributed by atoms with van der Waals surface area (Å²) in [6.07, 6.45) is 4.42. The van der Waals surface area contributed by atoms with Crippen molar-refractivity contribution < 1.29 is 37.6 Å². The van der Waals surface area contributed by atoms with Gasteiger partial charge in [-0.3, -0.25) is 4.55 Å². The van der Waals surface area contributed by atoms with Gasteiger partial charge in [0.25, 0.3) is 10.1 Å². The molecule has 0 spiro atoms. The van der Waals surface area contributed by atoms with E-state index < -0.39 is 15.6 Å². The minimum absolute atomic E-state index is 0. The molecule has 0 aromatic rings. The Morgan fingerprint density at radius 2 is 1.79 bits per heavy atom. The van der Waals surface area contributed by atoms with Gasteiger partial charge in [-0.25, -0.2) is 4.39 Å². The standard InChI is InChI=1S/C8H17FO3S.Li.H/c1-2-3-4-5-6-7-8(9)13(10,11)12;;/h8H,2-7H2,1H3,(H,10,11,12);;/q;+1;-1. The van der Waals surface area contributed by atoms with E-state index in [1.54, 1.807) is 0 Å². The van der Waals surface area contributed by atoms with Crippen LogP contribution in [0, 0.1) is 0 Å². The molecule has 0 fully saturated rings. The third kappa shape index (κ3) is 9.01. The molecule has 3 nitrogen and oxygen atoms in total. The Hall–Kier alpha value is 0.437. The predicted molar refractivity (Wildman–Crippen MR) is 50.9 cm³/mol. The number of unbranched alkanes of at least 4 members (excludes halogenated alkanes) is 4. The van der Waals surface area contributed by atoms with Crippen molar-refractivity contribution in [3.8, 4) is 0 Å². The van der Waals surface area contributed by atoms with E-state index >= 15 is 0 Å². The topological polar surface area (TPSA) is 54.4 Å². The third-order valence-corrected chi connectivity index (χ3v) is 2.74. The molecule has 1 unspecified atom stereocenters. The van der Waals surface area contributed by atoms with Crippen molar-refractivity contribution in [2.24, 2.45) is 0 Å². The second kappa shape index (κ2) is 8.72. The van der Waals surface area contributed by atoms with Crippen LogP contribution in [0.1, 0.15) is 46.9 Å². The quantitative estimate of drug-likeness (QED) is 0.362. The van der Waals surface area contributed by atoms with Crippen LogP contribution >= 0.6 is 0 Å². The van der Waals surface area contributed by atoms with Gasteiger partial charge in [0, 0.05) is 0 Å². The summed E-state index contributed by atoms with van der Waals surface area (Å²) in [5, 5.41) is 0. The molecule has 0 aliphatic heterocycles. The summed E-state index contributed by atoms with van der Waals surface area (Å²) < 4.78 is 41.3. The van der Waals surface area contributed by atoms with Crippen molar-refractivity contribution in [3.63, 3.8) is 0 Å². The maximum Gasteiger partial charge on any atom is 1.00 e. The third-order valence-electron chi connectivity index (χ3n) is 1.86. The zero-order valence-corrected chi connectivity index (χ0v) is 9.69. The van der Waals surface area contributed by atoms with Crippen LogP contribution < -0.4 is 18.9 Å². The predicted octanol–water partition coefficient (Wildman–Crippen LogP) is -0.353. The average Bonchev–Trinajstić information content (AvgIpc) is 2.02. The molecule has 0 rings (SSSR count). The van der Waals surface area contributed by atoms with Gasteiger partial charge in [-0.2, -0.15) is 8.42 Å². The van der Waals surface area contributed by atoms with E-state index in [4.69, 9.17) is 4.55 Å². The Morgan fingerprint density at radius 3 is 2.21 bits per heavy atom. The minimum atomic E-state index is -4.46. The van der Waals surface area contributed by atoms with Gasteiger partial charge >= 0.3 is 18.9 Å². The SMILES string of the molecule is CCCCCCCC(F)S(=O)(=O)O.[H-].[Li+]. The largest absolute Gasteiger partial charge is 1.00 e. The molecule has 6 heteroatoms. The Bertz CT molecular complexity index is 224. The fourth-order valence-electron chi connectivity index (χ4n) is 1.06. The smallest absolute Gasteiger partial charge is 1.00 e. The number of rotatable bonds is 7. The summed E-state index contributed by atoms with van der Waals surface area (Å²) in [7, 11) is -4.46.